The zero-order valence-corrected chi connectivity index (χ0v) is 18.8. The highest BCUT2D eigenvalue weighted by atomic mass is 32.2. The smallest absolute Gasteiger partial charge is 0.262 e. The third kappa shape index (κ3) is 4.08. The number of benzene rings is 3. The van der Waals surface area contributed by atoms with E-state index in [0.717, 1.165) is 35.2 Å². The third-order valence-corrected chi connectivity index (χ3v) is 7.44. The number of amides is 1. The third-order valence-electron chi connectivity index (χ3n) is 5.93. The summed E-state index contributed by atoms with van der Waals surface area (Å²) in [6, 6.07) is 18.3. The number of para-hydroxylation sites is 1. The van der Waals surface area contributed by atoms with Gasteiger partial charge in [0.2, 0.25) is 0 Å². The lowest BCUT2D eigenvalue weighted by Gasteiger charge is -2.29. The van der Waals surface area contributed by atoms with E-state index < -0.39 is 10.0 Å². The largest absolute Gasteiger partial charge is 0.308 e. The van der Waals surface area contributed by atoms with Gasteiger partial charge in [-0.05, 0) is 80.1 Å². The van der Waals surface area contributed by atoms with Crippen LogP contribution in [0.3, 0.4) is 0 Å². The average molecular weight is 435 g/mol. The maximum atomic E-state index is 13.3. The second-order valence-electron chi connectivity index (χ2n) is 8.02. The minimum atomic E-state index is -3.85. The quantitative estimate of drug-likeness (QED) is 0.628. The first-order valence-corrected chi connectivity index (χ1v) is 11.9. The van der Waals surface area contributed by atoms with E-state index in [1.54, 1.807) is 30.0 Å². The van der Waals surface area contributed by atoms with Crippen molar-refractivity contribution < 1.29 is 13.2 Å². The van der Waals surface area contributed by atoms with Crippen LogP contribution in [0.5, 0.6) is 0 Å². The monoisotopic (exact) mass is 434 g/mol. The van der Waals surface area contributed by atoms with Gasteiger partial charge >= 0.3 is 0 Å². The Morgan fingerprint density at radius 2 is 1.71 bits per heavy atom. The van der Waals surface area contributed by atoms with E-state index in [-0.39, 0.29) is 10.8 Å². The molecule has 0 radical (unpaired) electrons. The molecular formula is C25H26N2O3S. The molecule has 3 aromatic carbocycles. The second kappa shape index (κ2) is 8.19. The fraction of sp³-hybridized carbons (Fsp3) is 0.240. The van der Waals surface area contributed by atoms with E-state index in [2.05, 4.69) is 4.72 Å². The fourth-order valence-electron chi connectivity index (χ4n) is 3.98. The summed E-state index contributed by atoms with van der Waals surface area (Å²) in [6.07, 6.45) is 1.82. The van der Waals surface area contributed by atoms with Gasteiger partial charge in [0.25, 0.3) is 15.9 Å². The van der Waals surface area contributed by atoms with Crippen LogP contribution >= 0.6 is 0 Å². The molecule has 4 rings (SSSR count). The van der Waals surface area contributed by atoms with Gasteiger partial charge in [-0.1, -0.05) is 36.4 Å². The van der Waals surface area contributed by atoms with Crippen molar-refractivity contribution >= 4 is 27.3 Å². The zero-order valence-electron chi connectivity index (χ0n) is 18.0. The fourth-order valence-corrected chi connectivity index (χ4v) is 5.38. The minimum Gasteiger partial charge on any atom is -0.308 e. The van der Waals surface area contributed by atoms with Crippen LogP contribution in [0.25, 0.3) is 0 Å². The molecule has 1 aliphatic heterocycles. The Morgan fingerprint density at radius 3 is 2.52 bits per heavy atom. The Balaban J connectivity index is 1.69. The van der Waals surface area contributed by atoms with E-state index in [1.165, 1.54) is 6.07 Å². The highest BCUT2D eigenvalue weighted by molar-refractivity contribution is 7.92. The number of hydrogen-bond acceptors (Lipinski definition) is 3. The summed E-state index contributed by atoms with van der Waals surface area (Å²) in [5.74, 6) is -0.185. The molecule has 0 aromatic heterocycles. The first-order valence-electron chi connectivity index (χ1n) is 10.4. The molecule has 0 aliphatic carbocycles. The number of rotatable bonds is 4. The molecule has 0 unspecified atom stereocenters. The summed E-state index contributed by atoms with van der Waals surface area (Å²) in [4.78, 5) is 15.2. The van der Waals surface area contributed by atoms with Gasteiger partial charge in [0.15, 0.2) is 0 Å². The van der Waals surface area contributed by atoms with Crippen LogP contribution in [0.1, 0.15) is 39.0 Å². The van der Waals surface area contributed by atoms with Crippen LogP contribution in [-0.2, 0) is 16.4 Å². The molecule has 0 bridgehead atoms. The number of fused-ring (bicyclic) bond motifs is 1. The number of anilines is 2. The van der Waals surface area contributed by atoms with Gasteiger partial charge < -0.3 is 4.90 Å². The predicted octanol–water partition coefficient (Wildman–Crippen LogP) is 5.01. The summed E-state index contributed by atoms with van der Waals surface area (Å²) >= 11 is 0. The number of aryl methyl sites for hydroxylation is 3. The maximum Gasteiger partial charge on any atom is 0.262 e. The molecule has 1 N–H and O–H groups in total. The van der Waals surface area contributed by atoms with Gasteiger partial charge in [0.05, 0.1) is 10.6 Å². The molecule has 31 heavy (non-hydrogen) atoms. The van der Waals surface area contributed by atoms with Gasteiger partial charge in [-0.25, -0.2) is 8.42 Å². The van der Waals surface area contributed by atoms with Gasteiger partial charge in [0, 0.05) is 17.8 Å². The molecule has 0 spiro atoms. The zero-order chi connectivity index (χ0) is 22.2. The molecule has 1 aliphatic rings. The summed E-state index contributed by atoms with van der Waals surface area (Å²) in [6.45, 7) is 6.18. The molecule has 6 heteroatoms. The van der Waals surface area contributed by atoms with E-state index in [1.807, 2.05) is 50.2 Å². The Hall–Kier alpha value is -3.12. The highest BCUT2D eigenvalue weighted by Crippen LogP contribution is 2.29. The number of nitrogens with one attached hydrogen (secondary N) is 1. The van der Waals surface area contributed by atoms with E-state index in [0.29, 0.717) is 23.4 Å². The van der Waals surface area contributed by atoms with Crippen LogP contribution in [0.2, 0.25) is 0 Å². The number of nitrogens with zero attached hydrogens (tertiary/aromatic N) is 1. The number of hydrogen-bond donors (Lipinski definition) is 1. The first-order chi connectivity index (χ1) is 14.8. The van der Waals surface area contributed by atoms with Gasteiger partial charge in [-0.2, -0.15) is 0 Å². The average Bonchev–Trinajstić information content (AvgIpc) is 2.76. The van der Waals surface area contributed by atoms with Crippen molar-refractivity contribution in [2.75, 3.05) is 16.2 Å². The summed E-state index contributed by atoms with van der Waals surface area (Å²) in [5.41, 5.74) is 5.42. The molecule has 1 amide bonds. The number of carbonyl (C=O) groups is 1. The van der Waals surface area contributed by atoms with Crippen molar-refractivity contribution in [1.82, 2.24) is 0 Å². The van der Waals surface area contributed by atoms with Gasteiger partial charge in [-0.3, -0.25) is 9.52 Å². The topological polar surface area (TPSA) is 66.5 Å². The summed E-state index contributed by atoms with van der Waals surface area (Å²) < 4.78 is 29.1. The lowest BCUT2D eigenvalue weighted by molar-refractivity contribution is 0.0985. The van der Waals surface area contributed by atoms with E-state index >= 15 is 0 Å². The normalized spacial score (nSPS) is 13.6. The van der Waals surface area contributed by atoms with Gasteiger partial charge in [0.1, 0.15) is 0 Å². The SMILES string of the molecule is Cc1ccc(C(=O)N2CCCc3ccccc32)cc1S(=O)(=O)Nc1cccc(C)c1C. The van der Waals surface area contributed by atoms with Crippen LogP contribution in [-0.4, -0.2) is 20.9 Å². The molecule has 5 nitrogen and oxygen atoms in total. The standard InChI is InChI=1S/C25H26N2O3S/c1-17-8-6-11-22(19(17)3)26-31(29,30)24-16-21(14-13-18(24)2)25(28)27-15-7-10-20-9-4-5-12-23(20)27/h4-6,8-9,11-14,16,26H,7,10,15H2,1-3H3. The highest BCUT2D eigenvalue weighted by Gasteiger charge is 2.26. The molecule has 0 atom stereocenters. The minimum absolute atomic E-state index is 0.115. The van der Waals surface area contributed by atoms with Crippen LogP contribution in [0.4, 0.5) is 11.4 Å². The molecule has 160 valence electrons. The van der Waals surface area contributed by atoms with Crippen LogP contribution < -0.4 is 9.62 Å². The van der Waals surface area contributed by atoms with Gasteiger partial charge in [-0.15, -0.1) is 0 Å². The first kappa shape index (κ1) is 21.1. The molecule has 1 heterocycles. The summed E-state index contributed by atoms with van der Waals surface area (Å²) in [5, 5.41) is 0. The molecule has 0 saturated carbocycles. The number of carbonyl (C=O) groups excluding carboxylic acids is 1. The Kier molecular flexibility index (Phi) is 5.58. The Morgan fingerprint density at radius 1 is 0.935 bits per heavy atom. The predicted molar refractivity (Wildman–Crippen MR) is 124 cm³/mol. The number of sulfonamides is 1. The molecule has 0 saturated heterocycles. The Bertz CT molecular complexity index is 1270. The summed E-state index contributed by atoms with van der Waals surface area (Å²) in [7, 11) is -3.85. The van der Waals surface area contributed by atoms with E-state index in [9.17, 15) is 13.2 Å². The molecule has 0 fully saturated rings. The lowest BCUT2D eigenvalue weighted by atomic mass is 10.0. The van der Waals surface area contributed by atoms with Crippen molar-refractivity contribution in [2.24, 2.45) is 0 Å². The lowest BCUT2D eigenvalue weighted by Crippen LogP contribution is -2.35. The van der Waals surface area contributed by atoms with Crippen molar-refractivity contribution in [3.05, 3.63) is 88.5 Å². The van der Waals surface area contributed by atoms with Crippen molar-refractivity contribution in [3.8, 4) is 0 Å². The maximum absolute atomic E-state index is 13.3. The Labute approximate surface area is 183 Å². The second-order valence-corrected chi connectivity index (χ2v) is 9.67. The van der Waals surface area contributed by atoms with Crippen molar-refractivity contribution in [3.63, 3.8) is 0 Å². The molecular weight excluding hydrogens is 408 g/mol. The van der Waals surface area contributed by atoms with Crippen LogP contribution in [0.15, 0.2) is 65.6 Å². The van der Waals surface area contributed by atoms with Crippen molar-refractivity contribution in [1.29, 1.82) is 0 Å². The van der Waals surface area contributed by atoms with E-state index in [4.69, 9.17) is 0 Å². The van der Waals surface area contributed by atoms with Crippen molar-refractivity contribution in [2.45, 2.75) is 38.5 Å². The molecule has 3 aromatic rings. The van der Waals surface area contributed by atoms with Crippen LogP contribution in [0, 0.1) is 20.8 Å².